The highest BCUT2D eigenvalue weighted by molar-refractivity contribution is 7.15. The molecule has 0 saturated heterocycles. The van der Waals surface area contributed by atoms with Crippen LogP contribution in [0.1, 0.15) is 11.3 Å². The summed E-state index contributed by atoms with van der Waals surface area (Å²) < 4.78 is 7.18. The predicted octanol–water partition coefficient (Wildman–Crippen LogP) is 2.66. The highest BCUT2D eigenvalue weighted by Crippen LogP contribution is 2.22. The third-order valence-electron chi connectivity index (χ3n) is 4.30. The summed E-state index contributed by atoms with van der Waals surface area (Å²) in [7, 11) is 0. The normalized spacial score (nSPS) is 12.3. The Hall–Kier alpha value is -3.52. The topological polar surface area (TPSA) is 89.1 Å². The largest absolute Gasteiger partial charge is 0.469 e. The molecule has 7 nitrogen and oxygen atoms in total. The van der Waals surface area contributed by atoms with E-state index < -0.39 is 0 Å². The first kappa shape index (κ1) is 15.7. The smallest absolute Gasteiger partial charge is 0.291 e. The molecule has 0 aliphatic heterocycles. The van der Waals surface area contributed by atoms with Crippen molar-refractivity contribution < 1.29 is 4.42 Å². The predicted molar refractivity (Wildman–Crippen MR) is 102 cm³/mol. The molecule has 132 valence electrons. The molecule has 1 N–H and O–H groups in total. The molecule has 8 heteroatoms. The van der Waals surface area contributed by atoms with Crippen LogP contribution in [-0.4, -0.2) is 24.8 Å². The van der Waals surface area contributed by atoms with Gasteiger partial charge in [-0.25, -0.2) is 0 Å². The fraction of sp³-hybridized carbons (Fsp3) is 0.0526. The maximum absolute atomic E-state index is 12.8. The number of hydrogen-bond acceptors (Lipinski definition) is 6. The van der Waals surface area contributed by atoms with E-state index in [0.29, 0.717) is 15.3 Å². The number of furan rings is 1. The minimum absolute atomic E-state index is 0.199. The fourth-order valence-corrected chi connectivity index (χ4v) is 3.85. The molecular weight excluding hydrogens is 362 g/mol. The van der Waals surface area contributed by atoms with Crippen molar-refractivity contribution in [3.05, 3.63) is 75.1 Å². The Kier molecular flexibility index (Phi) is 3.51. The summed E-state index contributed by atoms with van der Waals surface area (Å²) >= 11 is 1.30. The van der Waals surface area contributed by atoms with Crippen molar-refractivity contribution in [3.8, 4) is 22.6 Å². The van der Waals surface area contributed by atoms with E-state index in [1.165, 1.54) is 15.9 Å². The van der Waals surface area contributed by atoms with Gasteiger partial charge in [-0.3, -0.25) is 9.89 Å². The summed E-state index contributed by atoms with van der Waals surface area (Å²) in [5, 5.41) is 11.5. The van der Waals surface area contributed by atoms with Crippen molar-refractivity contribution in [1.82, 2.24) is 24.8 Å². The van der Waals surface area contributed by atoms with Crippen molar-refractivity contribution in [2.24, 2.45) is 0 Å². The number of aromatic amines is 1. The minimum atomic E-state index is -0.199. The number of H-pyrrole nitrogens is 1. The second-order valence-electron chi connectivity index (χ2n) is 6.00. The third-order valence-corrected chi connectivity index (χ3v) is 5.26. The molecule has 1 aromatic carbocycles. The molecule has 0 radical (unpaired) electrons. The van der Waals surface area contributed by atoms with E-state index in [-0.39, 0.29) is 5.56 Å². The summed E-state index contributed by atoms with van der Waals surface area (Å²) in [5.41, 5.74) is 3.30. The molecule has 0 atom stereocenters. The van der Waals surface area contributed by atoms with Crippen LogP contribution in [-0.2, 0) is 0 Å². The van der Waals surface area contributed by atoms with E-state index in [9.17, 15) is 4.79 Å². The monoisotopic (exact) mass is 375 g/mol. The Balaban J connectivity index is 1.62. The van der Waals surface area contributed by atoms with E-state index in [0.717, 1.165) is 28.1 Å². The van der Waals surface area contributed by atoms with Gasteiger partial charge in [-0.2, -0.15) is 14.6 Å². The van der Waals surface area contributed by atoms with Crippen molar-refractivity contribution in [3.63, 3.8) is 0 Å². The molecule has 0 amide bonds. The van der Waals surface area contributed by atoms with E-state index in [1.54, 1.807) is 18.5 Å². The lowest BCUT2D eigenvalue weighted by Gasteiger charge is -1.98. The number of rotatable bonds is 3. The van der Waals surface area contributed by atoms with Gasteiger partial charge in [0.15, 0.2) is 5.82 Å². The highest BCUT2D eigenvalue weighted by Gasteiger charge is 2.15. The zero-order chi connectivity index (χ0) is 18.4. The van der Waals surface area contributed by atoms with Crippen molar-refractivity contribution in [1.29, 1.82) is 0 Å². The zero-order valence-corrected chi connectivity index (χ0v) is 15.0. The SMILES string of the molecule is Cc1occc1-c1nc2s/c(=C\c3cn[nH]c3-c3ccccc3)c(=O)n2n1. The average Bonchev–Trinajstić information content (AvgIpc) is 3.44. The van der Waals surface area contributed by atoms with E-state index >= 15 is 0 Å². The molecule has 0 fully saturated rings. The average molecular weight is 375 g/mol. The van der Waals surface area contributed by atoms with Gasteiger partial charge in [0.25, 0.3) is 5.56 Å². The molecule has 0 saturated carbocycles. The van der Waals surface area contributed by atoms with Crippen LogP contribution in [0, 0.1) is 6.92 Å². The van der Waals surface area contributed by atoms with Crippen molar-refractivity contribution in [2.45, 2.75) is 6.92 Å². The first-order valence-electron chi connectivity index (χ1n) is 8.25. The maximum Gasteiger partial charge on any atom is 0.291 e. The summed E-state index contributed by atoms with van der Waals surface area (Å²) in [5.74, 6) is 1.21. The van der Waals surface area contributed by atoms with Crippen LogP contribution in [0.2, 0.25) is 0 Å². The van der Waals surface area contributed by atoms with Crippen LogP contribution in [0.5, 0.6) is 0 Å². The van der Waals surface area contributed by atoms with E-state index in [4.69, 9.17) is 4.42 Å². The number of benzene rings is 1. The van der Waals surface area contributed by atoms with Gasteiger partial charge in [-0.05, 0) is 19.1 Å². The number of fused-ring (bicyclic) bond motifs is 1. The standard InChI is InChI=1S/C19H13N5O2S/c1-11-14(7-8-26-11)17-21-19-24(23-17)18(25)15(27-19)9-13-10-20-22-16(13)12-5-3-2-4-6-12/h2-10H,1H3,(H,20,22)/b15-9-. The van der Waals surface area contributed by atoms with Crippen LogP contribution in [0.15, 0.2) is 58.1 Å². The molecule has 0 unspecified atom stereocenters. The number of aryl methyl sites for hydroxylation is 1. The Morgan fingerprint density at radius 3 is 2.81 bits per heavy atom. The molecule has 5 aromatic rings. The first-order valence-corrected chi connectivity index (χ1v) is 9.07. The van der Waals surface area contributed by atoms with Gasteiger partial charge in [0.2, 0.25) is 4.96 Å². The summed E-state index contributed by atoms with van der Waals surface area (Å²) in [4.78, 5) is 17.8. The molecular formula is C19H13N5O2S. The number of hydrogen-bond donors (Lipinski definition) is 1. The lowest BCUT2D eigenvalue weighted by molar-refractivity contribution is 0.535. The quantitative estimate of drug-likeness (QED) is 0.524. The van der Waals surface area contributed by atoms with E-state index in [1.807, 2.05) is 43.3 Å². The van der Waals surface area contributed by atoms with Gasteiger partial charge < -0.3 is 4.42 Å². The number of thiazole rings is 1. The Morgan fingerprint density at radius 1 is 1.22 bits per heavy atom. The molecule has 0 bridgehead atoms. The second kappa shape index (κ2) is 6.03. The van der Waals surface area contributed by atoms with Crippen LogP contribution >= 0.6 is 11.3 Å². The van der Waals surface area contributed by atoms with Crippen LogP contribution in [0.3, 0.4) is 0 Å². The molecule has 4 heterocycles. The third kappa shape index (κ3) is 2.58. The number of aromatic nitrogens is 5. The van der Waals surface area contributed by atoms with Crippen LogP contribution in [0.4, 0.5) is 0 Å². The van der Waals surface area contributed by atoms with Gasteiger partial charge in [-0.1, -0.05) is 41.7 Å². The molecule has 5 rings (SSSR count). The lowest BCUT2D eigenvalue weighted by atomic mass is 10.1. The summed E-state index contributed by atoms with van der Waals surface area (Å²) in [6, 6.07) is 11.7. The summed E-state index contributed by atoms with van der Waals surface area (Å²) in [6.45, 7) is 1.84. The van der Waals surface area contributed by atoms with Crippen molar-refractivity contribution in [2.75, 3.05) is 0 Å². The maximum atomic E-state index is 12.8. The first-order chi connectivity index (χ1) is 13.2. The second-order valence-corrected chi connectivity index (χ2v) is 7.01. The van der Waals surface area contributed by atoms with Crippen LogP contribution in [0.25, 0.3) is 33.7 Å². The number of nitrogens with zero attached hydrogens (tertiary/aromatic N) is 4. The van der Waals surface area contributed by atoms with Gasteiger partial charge in [0, 0.05) is 11.1 Å². The molecule has 0 aliphatic rings. The van der Waals surface area contributed by atoms with Gasteiger partial charge >= 0.3 is 0 Å². The highest BCUT2D eigenvalue weighted by atomic mass is 32.1. The minimum Gasteiger partial charge on any atom is -0.469 e. The molecule has 0 aliphatic carbocycles. The lowest BCUT2D eigenvalue weighted by Crippen LogP contribution is -2.23. The summed E-state index contributed by atoms with van der Waals surface area (Å²) in [6.07, 6.45) is 5.11. The molecule has 0 spiro atoms. The molecule has 27 heavy (non-hydrogen) atoms. The van der Waals surface area contributed by atoms with Gasteiger partial charge in [0.1, 0.15) is 5.76 Å². The zero-order valence-electron chi connectivity index (χ0n) is 14.2. The van der Waals surface area contributed by atoms with Gasteiger partial charge in [-0.15, -0.1) is 5.10 Å². The fourth-order valence-electron chi connectivity index (χ4n) is 2.95. The molecule has 4 aromatic heterocycles. The van der Waals surface area contributed by atoms with Gasteiger partial charge in [0.05, 0.1) is 28.2 Å². The Morgan fingerprint density at radius 2 is 2.07 bits per heavy atom. The Labute approximate surface area is 156 Å². The van der Waals surface area contributed by atoms with Crippen molar-refractivity contribution >= 4 is 22.4 Å². The van der Waals surface area contributed by atoms with Crippen LogP contribution < -0.4 is 10.1 Å². The Bertz CT molecular complexity index is 1360. The number of nitrogens with one attached hydrogen (secondary N) is 1. The van der Waals surface area contributed by atoms with E-state index in [2.05, 4.69) is 20.3 Å².